The maximum absolute atomic E-state index is 3.75. The molecule has 1 heterocycles. The number of benzene rings is 1. The molecule has 1 aliphatic rings. The molecule has 150 valence electrons. The van der Waals surface area contributed by atoms with Gasteiger partial charge >= 0.3 is 0 Å². The zero-order valence-electron chi connectivity index (χ0n) is 18.8. The molecule has 0 amide bonds. The van der Waals surface area contributed by atoms with Gasteiger partial charge in [0.15, 0.2) is 0 Å². The second-order valence-electron chi connectivity index (χ2n) is 8.39. The molecular formula is C22H37N4P. The van der Waals surface area contributed by atoms with Crippen LogP contribution in [0.2, 0.25) is 0 Å². The van der Waals surface area contributed by atoms with Gasteiger partial charge in [0, 0.05) is 17.2 Å². The van der Waals surface area contributed by atoms with Crippen LogP contribution < -0.4 is 4.90 Å². The molecule has 0 bridgehead atoms. The molecule has 0 aromatic heterocycles. The Morgan fingerprint density at radius 2 is 1.26 bits per heavy atom. The van der Waals surface area contributed by atoms with Crippen LogP contribution in [0.25, 0.3) is 0 Å². The first-order chi connectivity index (χ1) is 12.5. The Balaban J connectivity index is 2.64. The minimum absolute atomic E-state index is 0.467. The summed E-state index contributed by atoms with van der Waals surface area (Å²) in [4.78, 5) is 2.23. The molecule has 5 heteroatoms. The van der Waals surface area contributed by atoms with Crippen LogP contribution in [0.5, 0.6) is 0 Å². The summed E-state index contributed by atoms with van der Waals surface area (Å²) in [6.07, 6.45) is 4.43. The van der Waals surface area contributed by atoms with E-state index in [-0.39, 0.29) is 0 Å². The van der Waals surface area contributed by atoms with E-state index >= 15 is 0 Å². The molecule has 1 aromatic carbocycles. The lowest BCUT2D eigenvalue weighted by molar-refractivity contribution is 0.483. The van der Waals surface area contributed by atoms with E-state index in [4.69, 9.17) is 0 Å². The molecule has 2 radical (unpaired) electrons. The Morgan fingerprint density at radius 1 is 0.815 bits per heavy atom. The second kappa shape index (κ2) is 8.53. The van der Waals surface area contributed by atoms with Gasteiger partial charge in [0.2, 0.25) is 0 Å². The van der Waals surface area contributed by atoms with Gasteiger partial charge in [-0.25, -0.2) is 0 Å². The Morgan fingerprint density at radius 3 is 1.63 bits per heavy atom. The van der Waals surface area contributed by atoms with E-state index in [2.05, 4.69) is 126 Å². The summed E-state index contributed by atoms with van der Waals surface area (Å²) in [6.45, 7) is 12.8. The highest BCUT2D eigenvalue weighted by Crippen LogP contribution is 2.56. The van der Waals surface area contributed by atoms with E-state index in [0.717, 1.165) is 0 Å². The lowest BCUT2D eigenvalue weighted by Crippen LogP contribution is -2.35. The third-order valence-corrected chi connectivity index (χ3v) is 9.44. The van der Waals surface area contributed by atoms with Crippen LogP contribution in [0.15, 0.2) is 30.5 Å². The fraction of sp³-hybridized carbons (Fsp3) is 0.545. The van der Waals surface area contributed by atoms with Crippen molar-refractivity contribution in [1.29, 1.82) is 0 Å². The van der Waals surface area contributed by atoms with E-state index in [1.165, 1.54) is 22.1 Å². The third-order valence-electron chi connectivity index (χ3n) is 5.20. The van der Waals surface area contributed by atoms with E-state index in [9.17, 15) is 0 Å². The molecule has 0 fully saturated rings. The van der Waals surface area contributed by atoms with Crippen LogP contribution in [-0.4, -0.2) is 61.6 Å². The summed E-state index contributed by atoms with van der Waals surface area (Å²) in [6, 6.07) is 6.70. The highest BCUT2D eigenvalue weighted by Gasteiger charge is 2.34. The highest BCUT2D eigenvalue weighted by molar-refractivity contribution is 7.70. The van der Waals surface area contributed by atoms with Gasteiger partial charge < -0.3 is 4.90 Å². The Hall–Kier alpha value is -1.06. The van der Waals surface area contributed by atoms with Crippen LogP contribution in [-0.2, 0) is 0 Å². The van der Waals surface area contributed by atoms with Crippen molar-refractivity contribution in [2.45, 2.75) is 39.5 Å². The minimum atomic E-state index is -1.82. The Bertz CT molecular complexity index is 690. The normalized spacial score (nSPS) is 15.5. The fourth-order valence-corrected chi connectivity index (χ4v) is 8.10. The summed E-state index contributed by atoms with van der Waals surface area (Å²) in [7, 11) is 11.2. The number of anilines is 1. The highest BCUT2D eigenvalue weighted by atomic mass is 31.2. The van der Waals surface area contributed by atoms with Crippen LogP contribution in [0.4, 0.5) is 5.69 Å². The van der Waals surface area contributed by atoms with Gasteiger partial charge in [0.1, 0.15) is 6.54 Å². The molecule has 0 saturated heterocycles. The van der Waals surface area contributed by atoms with E-state index in [1.807, 2.05) is 0 Å². The zero-order chi connectivity index (χ0) is 20.5. The van der Waals surface area contributed by atoms with Gasteiger partial charge in [-0.15, -0.1) is 0 Å². The first-order valence-electron chi connectivity index (χ1n) is 9.72. The molecule has 1 aromatic rings. The molecule has 0 aliphatic carbocycles. The van der Waals surface area contributed by atoms with Crippen LogP contribution >= 0.6 is 7.34 Å². The molecule has 0 unspecified atom stereocenters. The van der Waals surface area contributed by atoms with Gasteiger partial charge in [-0.3, -0.25) is 14.0 Å². The van der Waals surface area contributed by atoms with Crippen LogP contribution in [0, 0.1) is 6.54 Å². The minimum Gasteiger partial charge on any atom is -0.331 e. The molecule has 27 heavy (non-hydrogen) atoms. The number of para-hydroxylation sites is 1. The lowest BCUT2D eigenvalue weighted by Gasteiger charge is -2.45. The molecule has 0 spiro atoms. The monoisotopic (exact) mass is 388 g/mol. The average molecular weight is 389 g/mol. The van der Waals surface area contributed by atoms with E-state index < -0.39 is 7.34 Å². The van der Waals surface area contributed by atoms with Crippen molar-refractivity contribution in [1.82, 2.24) is 14.0 Å². The van der Waals surface area contributed by atoms with Gasteiger partial charge in [-0.2, -0.15) is 0 Å². The van der Waals surface area contributed by atoms with Crippen LogP contribution in [0.3, 0.4) is 0 Å². The number of hydrogen-bond acceptors (Lipinski definition) is 4. The predicted octanol–water partition coefficient (Wildman–Crippen LogP) is 4.93. The average Bonchev–Trinajstić information content (AvgIpc) is 3.03. The fourth-order valence-electron chi connectivity index (χ4n) is 4.15. The first kappa shape index (κ1) is 22.2. The van der Waals surface area contributed by atoms with Gasteiger partial charge in [-0.1, -0.05) is 45.9 Å². The Labute approximate surface area is 167 Å². The van der Waals surface area contributed by atoms with Crippen molar-refractivity contribution in [3.05, 3.63) is 48.1 Å². The summed E-state index contributed by atoms with van der Waals surface area (Å²) in [5.74, 6) is 0.933. The summed E-state index contributed by atoms with van der Waals surface area (Å²) >= 11 is 0. The molecule has 1 aliphatic heterocycles. The topological polar surface area (TPSA) is 13.0 Å². The smallest absolute Gasteiger partial charge is 0.135 e. The lowest BCUT2D eigenvalue weighted by atomic mass is 9.92. The van der Waals surface area contributed by atoms with E-state index in [1.54, 1.807) is 0 Å². The Kier molecular flexibility index (Phi) is 7.02. The quantitative estimate of drug-likeness (QED) is 0.641. The third kappa shape index (κ3) is 3.91. The summed E-state index contributed by atoms with van der Waals surface area (Å²) < 4.78 is 7.04. The standard InChI is InChI=1S/C22H37N4P/c1-17(2)20-12-11-13-21(18(3)4)22(20)26-15-14-19(16-26)27(23(5)6,24(7)8)25(9)10/h11-15,17-18H,1-10H3. The number of nitrogens with zero attached hydrogens (tertiary/aromatic N) is 4. The van der Waals surface area contributed by atoms with Crippen molar-refractivity contribution < 1.29 is 0 Å². The number of hydrogen-bond donors (Lipinski definition) is 0. The van der Waals surface area contributed by atoms with E-state index in [0.29, 0.717) is 11.8 Å². The van der Waals surface area contributed by atoms with Gasteiger partial charge in [-0.05, 0) is 71.3 Å². The van der Waals surface area contributed by atoms with Crippen molar-refractivity contribution in [2.24, 2.45) is 0 Å². The summed E-state index contributed by atoms with van der Waals surface area (Å²) in [5.41, 5.74) is 4.05. The zero-order valence-corrected chi connectivity index (χ0v) is 19.7. The van der Waals surface area contributed by atoms with Crippen LogP contribution in [0.1, 0.15) is 50.7 Å². The summed E-state index contributed by atoms with van der Waals surface area (Å²) in [5, 5.41) is 1.25. The van der Waals surface area contributed by atoms with Crippen molar-refractivity contribution in [3.8, 4) is 0 Å². The molecule has 0 saturated carbocycles. The SMILES string of the molecule is CC(C)c1cccc(C(C)C)c1N1[C]C(=P(N(C)C)(N(C)C)N(C)C)C=C1. The van der Waals surface area contributed by atoms with Crippen molar-refractivity contribution >= 4 is 18.3 Å². The second-order valence-corrected chi connectivity index (χ2v) is 12.4. The largest absolute Gasteiger partial charge is 0.331 e. The molecule has 0 N–H and O–H groups in total. The predicted molar refractivity (Wildman–Crippen MR) is 122 cm³/mol. The van der Waals surface area contributed by atoms with Gasteiger partial charge in [0.05, 0.1) is 7.34 Å². The maximum Gasteiger partial charge on any atom is 0.135 e. The maximum atomic E-state index is 3.75. The van der Waals surface area contributed by atoms with Crippen molar-refractivity contribution in [2.75, 3.05) is 47.2 Å². The molecular weight excluding hydrogens is 351 g/mol. The van der Waals surface area contributed by atoms with Gasteiger partial charge in [0.25, 0.3) is 0 Å². The number of rotatable bonds is 6. The molecule has 0 atom stereocenters. The molecule has 4 nitrogen and oxygen atoms in total. The molecule has 2 rings (SSSR count). The van der Waals surface area contributed by atoms with Crippen molar-refractivity contribution in [3.63, 3.8) is 0 Å². The first-order valence-corrected chi connectivity index (χ1v) is 11.4.